The van der Waals surface area contributed by atoms with Crippen molar-refractivity contribution >= 4 is 65.6 Å². The first-order valence-electron chi connectivity index (χ1n) is 22.9. The number of benzene rings is 8. The molecule has 0 N–H and O–H groups in total. The van der Waals surface area contributed by atoms with Gasteiger partial charge in [0.05, 0.1) is 51.0 Å². The Bertz CT molecular complexity index is 3800. The van der Waals surface area contributed by atoms with Crippen LogP contribution in [0.4, 0.5) is 0 Å². The fraction of sp³-hybridized carbons (Fsp3) is 0. The third-order valence-electron chi connectivity index (χ3n) is 9.65. The molecule has 0 amide bonds. The molecular formula is C48H30N2O. The Labute approximate surface area is 312 Å². The fourth-order valence-electron chi connectivity index (χ4n) is 7.46. The highest BCUT2D eigenvalue weighted by molar-refractivity contribution is 6.15. The van der Waals surface area contributed by atoms with Gasteiger partial charge in [0.1, 0.15) is 11.2 Å². The molecule has 0 aliphatic rings. The van der Waals surface area contributed by atoms with Gasteiger partial charge in [0.15, 0.2) is 0 Å². The van der Waals surface area contributed by atoms with Crippen molar-refractivity contribution in [1.82, 2.24) is 9.13 Å². The largest absolute Gasteiger partial charge is 0.456 e. The molecule has 0 bridgehead atoms. The van der Waals surface area contributed by atoms with Crippen molar-refractivity contribution in [2.45, 2.75) is 0 Å². The van der Waals surface area contributed by atoms with Crippen LogP contribution in [0, 0.1) is 0 Å². The van der Waals surface area contributed by atoms with Gasteiger partial charge in [0.25, 0.3) is 0 Å². The molecule has 3 heteroatoms. The fourth-order valence-corrected chi connectivity index (χ4v) is 7.46. The normalized spacial score (nSPS) is 15.5. The van der Waals surface area contributed by atoms with Gasteiger partial charge >= 0.3 is 0 Å². The first-order valence-corrected chi connectivity index (χ1v) is 16.4. The summed E-state index contributed by atoms with van der Waals surface area (Å²) in [6.45, 7) is 0. The van der Waals surface area contributed by atoms with Gasteiger partial charge in [-0.3, -0.25) is 0 Å². The number of fused-ring (bicyclic) bond motifs is 9. The van der Waals surface area contributed by atoms with E-state index in [1.54, 1.807) is 18.2 Å². The second-order valence-electron chi connectivity index (χ2n) is 12.4. The van der Waals surface area contributed by atoms with E-state index < -0.39 is 54.4 Å². The lowest BCUT2D eigenvalue weighted by atomic mass is 9.98. The average Bonchev–Trinajstić information content (AvgIpc) is 3.98. The molecule has 0 aliphatic heterocycles. The number of para-hydroxylation sites is 3. The van der Waals surface area contributed by atoms with Gasteiger partial charge in [-0.05, 0) is 82.9 Å². The summed E-state index contributed by atoms with van der Waals surface area (Å²) in [5.74, 6) is 0. The van der Waals surface area contributed by atoms with Crippen molar-refractivity contribution in [1.29, 1.82) is 0 Å². The molecule has 51 heavy (non-hydrogen) atoms. The molecule has 0 saturated heterocycles. The molecule has 8 aromatic carbocycles. The van der Waals surface area contributed by atoms with Crippen LogP contribution in [0.1, 0.15) is 17.8 Å². The quantitative estimate of drug-likeness (QED) is 0.184. The monoisotopic (exact) mass is 663 g/mol. The zero-order valence-electron chi connectivity index (χ0n) is 39.6. The van der Waals surface area contributed by atoms with E-state index in [1.165, 1.54) is 4.57 Å². The number of aromatic nitrogens is 2. The lowest BCUT2D eigenvalue weighted by Gasteiger charge is -2.12. The van der Waals surface area contributed by atoms with Gasteiger partial charge in [0.2, 0.25) is 0 Å². The summed E-state index contributed by atoms with van der Waals surface area (Å²) in [5, 5.41) is 3.35. The number of furan rings is 1. The van der Waals surface area contributed by atoms with E-state index in [1.807, 2.05) is 84.9 Å². The SMILES string of the molecule is [2H]c1c([2H])c([2H])c(-c2cccc(-c3ccc4oc5cccc(-n6c7ccccc7c7ccc(-n8c9c([2H])c([2H])c([2H])c([2H])c9c9c([2H])c([2H])c([2H])c([2H])c98)cc76)c5c4c3)c2)c([2H])c1[2H]. The standard InChI is InChI=1S/C48H30N2O/c1-2-12-31(13-3-1)32-14-10-15-33(28-32)34-24-27-46-40(29-34)48-44(22-11-23-47(48)51-46)50-43-21-9-6-18-38(43)39-26-25-35(30-45(39)50)49-41-19-7-4-16-36(41)37-17-5-8-20-42(37)49/h1-30H/i1D,2D,3D,4D,5D,7D,8D,12D,13D,16D,17D,19D,20D. The van der Waals surface area contributed by atoms with E-state index >= 15 is 0 Å². The third kappa shape index (κ3) is 4.19. The summed E-state index contributed by atoms with van der Waals surface area (Å²) in [6.07, 6.45) is 0. The van der Waals surface area contributed by atoms with Crippen LogP contribution in [0.25, 0.3) is 99.2 Å². The number of hydrogen-bond acceptors (Lipinski definition) is 1. The van der Waals surface area contributed by atoms with E-state index in [0.29, 0.717) is 27.9 Å². The van der Waals surface area contributed by atoms with Crippen LogP contribution >= 0.6 is 0 Å². The molecular weight excluding hydrogens is 621 g/mol. The van der Waals surface area contributed by atoms with E-state index in [-0.39, 0.29) is 51.5 Å². The van der Waals surface area contributed by atoms with Gasteiger partial charge in [-0.25, -0.2) is 0 Å². The Morgan fingerprint density at radius 1 is 0.392 bits per heavy atom. The zero-order chi connectivity index (χ0) is 44.8. The molecule has 3 heterocycles. The molecule has 0 saturated carbocycles. The summed E-state index contributed by atoms with van der Waals surface area (Å²) < 4.78 is 122. The minimum Gasteiger partial charge on any atom is -0.456 e. The Hall–Kier alpha value is -6.84. The molecule has 3 nitrogen and oxygen atoms in total. The van der Waals surface area contributed by atoms with Gasteiger partial charge in [0, 0.05) is 32.6 Å². The Morgan fingerprint density at radius 2 is 1.08 bits per heavy atom. The van der Waals surface area contributed by atoms with Crippen molar-refractivity contribution in [3.05, 3.63) is 182 Å². The van der Waals surface area contributed by atoms with Gasteiger partial charge in [-0.15, -0.1) is 0 Å². The first-order chi connectivity index (χ1) is 30.7. The first kappa shape index (κ1) is 18.2. The molecule has 0 fully saturated rings. The topological polar surface area (TPSA) is 23.0 Å². The second kappa shape index (κ2) is 10.8. The minimum atomic E-state index is -0.509. The van der Waals surface area contributed by atoms with Crippen LogP contribution in [0.2, 0.25) is 0 Å². The maximum atomic E-state index is 9.07. The molecule has 11 rings (SSSR count). The molecule has 0 radical (unpaired) electrons. The summed E-state index contributed by atoms with van der Waals surface area (Å²) in [4.78, 5) is 0. The van der Waals surface area contributed by atoms with E-state index in [0.717, 1.165) is 43.9 Å². The molecule has 0 spiro atoms. The maximum absolute atomic E-state index is 9.07. The number of hydrogen-bond donors (Lipinski definition) is 0. The highest BCUT2D eigenvalue weighted by Crippen LogP contribution is 2.41. The summed E-state index contributed by atoms with van der Waals surface area (Å²) in [7, 11) is 0. The van der Waals surface area contributed by atoms with Crippen LogP contribution < -0.4 is 0 Å². The zero-order valence-corrected chi connectivity index (χ0v) is 26.6. The maximum Gasteiger partial charge on any atom is 0.137 e. The predicted octanol–water partition coefficient (Wildman–Crippen LogP) is 13.1. The number of rotatable bonds is 4. The summed E-state index contributed by atoms with van der Waals surface area (Å²) >= 11 is 0. The lowest BCUT2D eigenvalue weighted by molar-refractivity contribution is 0.669. The predicted molar refractivity (Wildman–Crippen MR) is 213 cm³/mol. The molecule has 3 aromatic heterocycles. The van der Waals surface area contributed by atoms with E-state index in [4.69, 9.17) is 22.2 Å². The Kier molecular flexibility index (Phi) is 3.87. The lowest BCUT2D eigenvalue weighted by Crippen LogP contribution is -1.97. The highest BCUT2D eigenvalue weighted by atomic mass is 16.3. The Balaban J connectivity index is 1.18. The van der Waals surface area contributed by atoms with Crippen molar-refractivity contribution in [3.63, 3.8) is 0 Å². The van der Waals surface area contributed by atoms with Crippen molar-refractivity contribution < 1.29 is 22.2 Å². The van der Waals surface area contributed by atoms with Crippen molar-refractivity contribution in [2.24, 2.45) is 0 Å². The van der Waals surface area contributed by atoms with E-state index in [2.05, 4.69) is 4.57 Å². The molecule has 0 unspecified atom stereocenters. The van der Waals surface area contributed by atoms with Crippen LogP contribution in [-0.2, 0) is 0 Å². The molecule has 0 aliphatic carbocycles. The van der Waals surface area contributed by atoms with Crippen LogP contribution in [0.15, 0.2) is 186 Å². The third-order valence-corrected chi connectivity index (χ3v) is 9.65. The molecule has 11 aromatic rings. The van der Waals surface area contributed by atoms with E-state index in [9.17, 15) is 0 Å². The average molecular weight is 664 g/mol. The minimum absolute atomic E-state index is 0.00192. The number of nitrogens with zero attached hydrogens (tertiary/aromatic N) is 2. The van der Waals surface area contributed by atoms with Gasteiger partial charge < -0.3 is 13.6 Å². The smallest absolute Gasteiger partial charge is 0.137 e. The van der Waals surface area contributed by atoms with Gasteiger partial charge in [-0.2, -0.15) is 0 Å². The summed E-state index contributed by atoms with van der Waals surface area (Å²) in [5.41, 5.74) is 6.14. The van der Waals surface area contributed by atoms with Crippen molar-refractivity contribution in [2.75, 3.05) is 0 Å². The highest BCUT2D eigenvalue weighted by Gasteiger charge is 2.20. The Morgan fingerprint density at radius 3 is 1.90 bits per heavy atom. The molecule has 0 atom stereocenters. The van der Waals surface area contributed by atoms with Crippen LogP contribution in [0.5, 0.6) is 0 Å². The van der Waals surface area contributed by atoms with Crippen LogP contribution in [0.3, 0.4) is 0 Å². The second-order valence-corrected chi connectivity index (χ2v) is 12.4. The van der Waals surface area contributed by atoms with Crippen molar-refractivity contribution in [3.8, 4) is 33.6 Å². The summed E-state index contributed by atoms with van der Waals surface area (Å²) in [6, 6.07) is 26.8. The molecule has 238 valence electrons. The van der Waals surface area contributed by atoms with Gasteiger partial charge in [-0.1, -0.05) is 121 Å². The van der Waals surface area contributed by atoms with Crippen LogP contribution in [-0.4, -0.2) is 9.13 Å².